The quantitative estimate of drug-likeness (QED) is 0.531. The summed E-state index contributed by atoms with van der Waals surface area (Å²) in [4.78, 5) is 0. The highest BCUT2D eigenvalue weighted by Crippen LogP contribution is 2.28. The molecule has 0 spiro atoms. The fraction of sp³-hybridized carbons (Fsp3) is 0.0526. The van der Waals surface area contributed by atoms with Gasteiger partial charge in [-0.05, 0) is 18.2 Å². The monoisotopic (exact) mass is 283 g/mol. The minimum atomic E-state index is 0.110. The summed E-state index contributed by atoms with van der Waals surface area (Å²) in [6, 6.07) is 20.3. The Morgan fingerprint density at radius 3 is 2.00 bits per heavy atom. The average Bonchev–Trinajstić information content (AvgIpc) is 2.89. The summed E-state index contributed by atoms with van der Waals surface area (Å²) in [7, 11) is 0. The first kappa shape index (κ1) is 13.7. The van der Waals surface area contributed by atoms with Gasteiger partial charge in [-0.1, -0.05) is 48.6 Å². The fourth-order valence-electron chi connectivity index (χ4n) is 2.63. The molecule has 0 saturated heterocycles. The molecule has 3 heteroatoms. The van der Waals surface area contributed by atoms with Crippen molar-refractivity contribution in [2.24, 2.45) is 0 Å². The number of allylic oxidation sites excluding steroid dienone is 4. The van der Waals surface area contributed by atoms with Crippen LogP contribution in [0.5, 0.6) is 0 Å². The van der Waals surface area contributed by atoms with Crippen molar-refractivity contribution >= 4 is 21.8 Å². The molecule has 0 bridgehead atoms. The number of para-hydroxylation sites is 2. The van der Waals surface area contributed by atoms with Crippen LogP contribution in [0.4, 0.5) is 0 Å². The second-order valence-electron chi connectivity index (χ2n) is 4.88. The van der Waals surface area contributed by atoms with E-state index in [-0.39, 0.29) is 5.57 Å². The molecule has 1 aromatic heterocycles. The zero-order valence-corrected chi connectivity index (χ0v) is 11.9. The van der Waals surface area contributed by atoms with Crippen LogP contribution in [-0.4, -0.2) is 4.57 Å². The largest absolute Gasteiger partial charge is 0.337 e. The third-order valence-electron chi connectivity index (χ3n) is 3.61. The first-order valence-electron chi connectivity index (χ1n) is 6.98. The lowest BCUT2D eigenvalue weighted by atomic mass is 10.2. The summed E-state index contributed by atoms with van der Waals surface area (Å²) in [5, 5.41) is 19.9. The van der Waals surface area contributed by atoms with E-state index in [0.29, 0.717) is 6.54 Å². The topological polar surface area (TPSA) is 52.5 Å². The maximum atomic E-state index is 8.71. The summed E-state index contributed by atoms with van der Waals surface area (Å²) in [6.45, 7) is 0.689. The normalized spacial score (nSPS) is 10.6. The van der Waals surface area contributed by atoms with Gasteiger partial charge in [-0.15, -0.1) is 0 Å². The Hall–Kier alpha value is -3.30. The maximum absolute atomic E-state index is 8.71. The molecule has 0 amide bonds. The molecule has 0 unspecified atom stereocenters. The van der Waals surface area contributed by atoms with Crippen LogP contribution >= 0.6 is 0 Å². The van der Waals surface area contributed by atoms with Crippen molar-refractivity contribution in [1.82, 2.24) is 4.57 Å². The summed E-state index contributed by atoms with van der Waals surface area (Å²) in [5.41, 5.74) is 2.47. The molecule has 3 aromatic rings. The van der Waals surface area contributed by atoms with Crippen LogP contribution in [0.2, 0.25) is 0 Å². The van der Waals surface area contributed by atoms with Gasteiger partial charge in [-0.2, -0.15) is 10.5 Å². The van der Waals surface area contributed by atoms with Crippen LogP contribution in [0.1, 0.15) is 0 Å². The lowest BCUT2D eigenvalue weighted by Crippen LogP contribution is -1.93. The van der Waals surface area contributed by atoms with Crippen LogP contribution in [0.15, 0.2) is 72.3 Å². The van der Waals surface area contributed by atoms with Crippen LogP contribution in [0.3, 0.4) is 0 Å². The number of nitrogens with zero attached hydrogens (tertiary/aromatic N) is 3. The zero-order chi connectivity index (χ0) is 15.4. The second kappa shape index (κ2) is 5.99. The van der Waals surface area contributed by atoms with Gasteiger partial charge in [-0.25, -0.2) is 0 Å². The van der Waals surface area contributed by atoms with E-state index >= 15 is 0 Å². The molecule has 0 N–H and O–H groups in total. The van der Waals surface area contributed by atoms with Crippen LogP contribution < -0.4 is 0 Å². The van der Waals surface area contributed by atoms with E-state index in [1.807, 2.05) is 42.5 Å². The second-order valence-corrected chi connectivity index (χ2v) is 4.88. The molecule has 0 fully saturated rings. The van der Waals surface area contributed by atoms with Crippen molar-refractivity contribution in [3.63, 3.8) is 0 Å². The van der Waals surface area contributed by atoms with Gasteiger partial charge in [0.15, 0.2) is 0 Å². The van der Waals surface area contributed by atoms with E-state index in [4.69, 9.17) is 10.5 Å². The number of nitriles is 2. The molecule has 3 rings (SSSR count). The highest BCUT2D eigenvalue weighted by atomic mass is 15.0. The van der Waals surface area contributed by atoms with Crippen molar-refractivity contribution in [3.05, 3.63) is 72.3 Å². The number of benzene rings is 2. The van der Waals surface area contributed by atoms with E-state index in [2.05, 4.69) is 28.8 Å². The number of fused-ring (bicyclic) bond motifs is 3. The molecule has 1 heterocycles. The Morgan fingerprint density at radius 2 is 1.45 bits per heavy atom. The smallest absolute Gasteiger partial charge is 0.129 e. The third-order valence-corrected chi connectivity index (χ3v) is 3.61. The van der Waals surface area contributed by atoms with E-state index in [1.165, 1.54) is 27.9 Å². The summed E-state index contributed by atoms with van der Waals surface area (Å²) in [5.74, 6) is 0. The Bertz CT molecular complexity index is 906. The molecule has 2 aromatic carbocycles. The Kier molecular flexibility index (Phi) is 3.72. The molecular weight excluding hydrogens is 270 g/mol. The van der Waals surface area contributed by atoms with E-state index in [9.17, 15) is 0 Å². The highest BCUT2D eigenvalue weighted by Gasteiger charge is 2.07. The van der Waals surface area contributed by atoms with Gasteiger partial charge in [0.1, 0.15) is 17.7 Å². The van der Waals surface area contributed by atoms with Crippen LogP contribution in [0, 0.1) is 22.7 Å². The number of hydrogen-bond acceptors (Lipinski definition) is 2. The molecular formula is C19H13N3. The van der Waals surface area contributed by atoms with Gasteiger partial charge in [0.2, 0.25) is 0 Å². The summed E-state index contributed by atoms with van der Waals surface area (Å²) >= 11 is 0. The average molecular weight is 283 g/mol. The standard InChI is InChI=1S/C19H13N3/c20-13-15(14-21)7-5-6-12-22-18-10-3-1-8-16(18)17-9-2-4-11-19(17)22/h1-11H,12H2. The number of aromatic nitrogens is 1. The van der Waals surface area contributed by atoms with Crippen LogP contribution in [-0.2, 0) is 6.54 Å². The van der Waals surface area contributed by atoms with Crippen molar-refractivity contribution in [1.29, 1.82) is 10.5 Å². The Labute approximate surface area is 128 Å². The third kappa shape index (κ3) is 2.37. The predicted molar refractivity (Wildman–Crippen MR) is 87.9 cm³/mol. The summed E-state index contributed by atoms with van der Waals surface area (Å²) in [6.07, 6.45) is 5.24. The fourth-order valence-corrected chi connectivity index (χ4v) is 2.63. The van der Waals surface area contributed by atoms with E-state index in [0.717, 1.165) is 0 Å². The highest BCUT2D eigenvalue weighted by molar-refractivity contribution is 6.07. The van der Waals surface area contributed by atoms with E-state index in [1.54, 1.807) is 6.08 Å². The molecule has 22 heavy (non-hydrogen) atoms. The predicted octanol–water partition coefficient (Wildman–Crippen LogP) is 4.32. The molecule has 0 aliphatic carbocycles. The summed E-state index contributed by atoms with van der Waals surface area (Å²) < 4.78 is 2.23. The molecule has 3 nitrogen and oxygen atoms in total. The minimum Gasteiger partial charge on any atom is -0.337 e. The molecule has 0 radical (unpaired) electrons. The zero-order valence-electron chi connectivity index (χ0n) is 11.9. The molecule has 104 valence electrons. The maximum Gasteiger partial charge on any atom is 0.129 e. The Morgan fingerprint density at radius 1 is 0.909 bits per heavy atom. The number of hydrogen-bond donors (Lipinski definition) is 0. The minimum absolute atomic E-state index is 0.110. The lowest BCUT2D eigenvalue weighted by molar-refractivity contribution is 0.899. The molecule has 0 saturated carbocycles. The van der Waals surface area contributed by atoms with Crippen molar-refractivity contribution in [2.45, 2.75) is 6.54 Å². The van der Waals surface area contributed by atoms with Crippen LogP contribution in [0.25, 0.3) is 21.8 Å². The van der Waals surface area contributed by atoms with Gasteiger partial charge < -0.3 is 4.57 Å². The SMILES string of the molecule is N#CC(C#N)=CC=CCn1c2ccccc2c2ccccc21. The number of rotatable bonds is 3. The van der Waals surface area contributed by atoms with Gasteiger partial charge in [0.25, 0.3) is 0 Å². The van der Waals surface area contributed by atoms with Crippen molar-refractivity contribution < 1.29 is 0 Å². The lowest BCUT2D eigenvalue weighted by Gasteiger charge is -2.03. The van der Waals surface area contributed by atoms with Crippen molar-refractivity contribution in [3.8, 4) is 12.1 Å². The van der Waals surface area contributed by atoms with Gasteiger partial charge >= 0.3 is 0 Å². The van der Waals surface area contributed by atoms with Gasteiger partial charge in [0, 0.05) is 28.4 Å². The molecule has 0 aliphatic heterocycles. The van der Waals surface area contributed by atoms with E-state index < -0.39 is 0 Å². The first-order valence-corrected chi connectivity index (χ1v) is 6.98. The van der Waals surface area contributed by atoms with Crippen molar-refractivity contribution in [2.75, 3.05) is 0 Å². The Balaban J connectivity index is 2.03. The molecule has 0 aliphatic rings. The van der Waals surface area contributed by atoms with Gasteiger partial charge in [0.05, 0.1) is 0 Å². The molecule has 0 atom stereocenters. The van der Waals surface area contributed by atoms with Gasteiger partial charge in [-0.3, -0.25) is 0 Å². The first-order chi connectivity index (χ1) is 10.8.